The number of nitrogens with zero attached hydrogens (tertiary/aromatic N) is 1. The van der Waals surface area contributed by atoms with E-state index in [9.17, 15) is 19.4 Å². The van der Waals surface area contributed by atoms with Crippen molar-refractivity contribution in [2.45, 2.75) is 283 Å². The predicted octanol–water partition coefficient (Wildman–Crippen LogP) is 18.0. The van der Waals surface area contributed by atoms with Gasteiger partial charge < -0.3 is 28.8 Å². The van der Waals surface area contributed by atoms with E-state index in [1.165, 1.54) is 186 Å². The molecule has 0 aliphatic carbocycles. The molecule has 8 nitrogen and oxygen atoms in total. The zero-order chi connectivity index (χ0) is 52.7. The summed E-state index contributed by atoms with van der Waals surface area (Å²) in [5.74, 6) is -0.209. The van der Waals surface area contributed by atoms with Gasteiger partial charge in [0.05, 0.1) is 39.9 Å². The number of likely N-dealkylation sites (N-methyl/N-ethyl adjacent to an activating group) is 1. The van der Waals surface area contributed by atoms with Gasteiger partial charge in [-0.05, 0) is 70.6 Å². The van der Waals surface area contributed by atoms with E-state index in [4.69, 9.17) is 9.05 Å². The number of rotatable bonds is 55. The zero-order valence-corrected chi connectivity index (χ0v) is 48.8. The fourth-order valence-corrected chi connectivity index (χ4v) is 9.41. The summed E-state index contributed by atoms with van der Waals surface area (Å²) in [7, 11) is 1.24. The molecule has 0 aromatic heterocycles. The number of aliphatic hydroxyl groups is 1. The van der Waals surface area contributed by atoms with Crippen molar-refractivity contribution in [1.82, 2.24) is 5.32 Å². The molecule has 0 rings (SSSR count). The lowest BCUT2D eigenvalue weighted by molar-refractivity contribution is -0.870. The van der Waals surface area contributed by atoms with Gasteiger partial charge >= 0.3 is 0 Å². The van der Waals surface area contributed by atoms with Crippen molar-refractivity contribution in [3.05, 3.63) is 72.9 Å². The van der Waals surface area contributed by atoms with Gasteiger partial charge in [0, 0.05) is 6.42 Å². The number of hydrogen-bond donors (Lipinski definition) is 2. The van der Waals surface area contributed by atoms with Crippen LogP contribution in [0.1, 0.15) is 271 Å². The van der Waals surface area contributed by atoms with Crippen LogP contribution in [-0.4, -0.2) is 68.5 Å². The van der Waals surface area contributed by atoms with Gasteiger partial charge in [-0.1, -0.05) is 267 Å². The van der Waals surface area contributed by atoms with Gasteiger partial charge in [0.2, 0.25) is 5.91 Å². The van der Waals surface area contributed by atoms with Gasteiger partial charge in [0.25, 0.3) is 7.82 Å². The Labute approximate surface area is 446 Å². The average molecular weight is 1030 g/mol. The molecule has 0 radical (unpaired) electrons. The molecule has 0 saturated heterocycles. The maximum absolute atomic E-state index is 13.0. The Balaban J connectivity index is 4.23. The summed E-state index contributed by atoms with van der Waals surface area (Å²) in [4.78, 5) is 25.5. The first kappa shape index (κ1) is 69.9. The number of amides is 1. The third-order valence-corrected chi connectivity index (χ3v) is 14.4. The first-order valence-electron chi connectivity index (χ1n) is 30.3. The summed E-state index contributed by atoms with van der Waals surface area (Å²) in [5, 5.41) is 13.9. The number of phosphoric ester groups is 1. The highest BCUT2D eigenvalue weighted by atomic mass is 31.2. The van der Waals surface area contributed by atoms with Crippen LogP contribution < -0.4 is 10.2 Å². The number of carbonyl (C=O) groups excluding carboxylic acids is 1. The van der Waals surface area contributed by atoms with Gasteiger partial charge in [0.1, 0.15) is 13.2 Å². The summed E-state index contributed by atoms with van der Waals surface area (Å²) in [6.07, 6.45) is 74.2. The lowest BCUT2D eigenvalue weighted by atomic mass is 10.0. The molecule has 9 heteroatoms. The van der Waals surface area contributed by atoms with E-state index in [2.05, 4.69) is 79.9 Å². The Hall–Kier alpha value is -2.06. The molecule has 0 aliphatic rings. The molecule has 0 aromatic rings. The largest absolute Gasteiger partial charge is 0.756 e. The van der Waals surface area contributed by atoms with Crippen LogP contribution in [-0.2, 0) is 18.4 Å². The minimum absolute atomic E-state index is 0.00888. The second-order valence-electron chi connectivity index (χ2n) is 21.7. The molecular formula is C63H117N2O6P. The van der Waals surface area contributed by atoms with Crippen molar-refractivity contribution < 1.29 is 32.9 Å². The highest BCUT2D eigenvalue weighted by molar-refractivity contribution is 7.45. The molecule has 2 N–H and O–H groups in total. The number of aliphatic hydroxyl groups excluding tert-OH is 1. The predicted molar refractivity (Wildman–Crippen MR) is 311 cm³/mol. The first-order chi connectivity index (χ1) is 35.0. The van der Waals surface area contributed by atoms with Crippen molar-refractivity contribution in [3.8, 4) is 0 Å². The van der Waals surface area contributed by atoms with Crippen LogP contribution in [0.15, 0.2) is 72.9 Å². The van der Waals surface area contributed by atoms with Crippen LogP contribution in [0, 0.1) is 0 Å². The van der Waals surface area contributed by atoms with Crippen LogP contribution in [0.4, 0.5) is 0 Å². The molecule has 0 saturated carbocycles. The number of unbranched alkanes of at least 4 members (excludes halogenated alkanes) is 32. The zero-order valence-electron chi connectivity index (χ0n) is 47.9. The molecule has 3 unspecified atom stereocenters. The van der Waals surface area contributed by atoms with Gasteiger partial charge in [-0.2, -0.15) is 0 Å². The van der Waals surface area contributed by atoms with Crippen molar-refractivity contribution in [2.75, 3.05) is 40.9 Å². The lowest BCUT2D eigenvalue weighted by Gasteiger charge is -2.29. The molecule has 72 heavy (non-hydrogen) atoms. The molecule has 0 heterocycles. The summed E-state index contributed by atoms with van der Waals surface area (Å²) in [6.45, 7) is 4.54. The summed E-state index contributed by atoms with van der Waals surface area (Å²) >= 11 is 0. The van der Waals surface area contributed by atoms with E-state index in [1.54, 1.807) is 6.08 Å². The van der Waals surface area contributed by atoms with Gasteiger partial charge in [-0.25, -0.2) is 0 Å². The molecular weight excluding hydrogens is 912 g/mol. The van der Waals surface area contributed by atoms with Crippen molar-refractivity contribution in [3.63, 3.8) is 0 Å². The third-order valence-electron chi connectivity index (χ3n) is 13.4. The van der Waals surface area contributed by atoms with E-state index >= 15 is 0 Å². The van der Waals surface area contributed by atoms with E-state index in [0.29, 0.717) is 17.4 Å². The van der Waals surface area contributed by atoms with Gasteiger partial charge in [-0.3, -0.25) is 9.36 Å². The monoisotopic (exact) mass is 1030 g/mol. The van der Waals surface area contributed by atoms with Crippen LogP contribution >= 0.6 is 7.82 Å². The number of allylic oxidation sites excluding steroid dienone is 11. The van der Waals surface area contributed by atoms with Gasteiger partial charge in [-0.15, -0.1) is 0 Å². The lowest BCUT2D eigenvalue weighted by Crippen LogP contribution is -2.45. The maximum Gasteiger partial charge on any atom is 0.268 e. The molecule has 0 aliphatic heterocycles. The van der Waals surface area contributed by atoms with E-state index in [-0.39, 0.29) is 12.5 Å². The molecule has 0 fully saturated rings. The fourth-order valence-electron chi connectivity index (χ4n) is 8.69. The Morgan fingerprint density at radius 2 is 0.861 bits per heavy atom. The van der Waals surface area contributed by atoms with Crippen LogP contribution in [0.2, 0.25) is 0 Å². The van der Waals surface area contributed by atoms with Crippen molar-refractivity contribution >= 4 is 13.7 Å². The minimum Gasteiger partial charge on any atom is -0.756 e. The molecule has 0 bridgehead atoms. The average Bonchev–Trinajstić information content (AvgIpc) is 3.34. The van der Waals surface area contributed by atoms with Crippen molar-refractivity contribution in [2.24, 2.45) is 0 Å². The topological polar surface area (TPSA) is 108 Å². The number of hydrogen-bond acceptors (Lipinski definition) is 6. The quantitative estimate of drug-likeness (QED) is 0.0272. The SMILES string of the molecule is CC/C=C\C/C=C\C/C=C\C/C=C\CCCCCCCCCCCCCCC(=O)NC(COP(=O)([O-])OCC[N+](C)(C)C)C(O)/C=C/CC/C=C/CCCCCCCCCCCCCCCCCCCCC. The van der Waals surface area contributed by atoms with E-state index in [0.717, 1.165) is 64.2 Å². The van der Waals surface area contributed by atoms with Crippen LogP contribution in [0.5, 0.6) is 0 Å². The van der Waals surface area contributed by atoms with Crippen molar-refractivity contribution in [1.29, 1.82) is 0 Å². The standard InChI is InChI=1S/C63H117N2O6P/c1-6-8-10-12-14-16-18-20-22-24-26-28-30-32-34-36-38-40-42-44-46-48-50-52-54-56-62(66)61(60-71-72(68,69)70-59-58-65(3,4)5)64-63(67)57-55-53-51-49-47-45-43-41-39-37-35-33-31-29-27-25-23-21-19-17-15-13-11-9-7-2/h9,11,15,17,21,23,27,29,46,48,54,56,61-62,66H,6-8,10,12-14,16,18-20,22,24-26,28,30-45,47,49-53,55,57-60H2,1-5H3,(H-,64,67,68,69)/b11-9-,17-15-,23-21-,29-27-,48-46+,56-54+. The minimum atomic E-state index is -4.61. The smallest absolute Gasteiger partial charge is 0.268 e. The number of nitrogens with one attached hydrogen (secondary N) is 1. The van der Waals surface area contributed by atoms with E-state index in [1.807, 2.05) is 27.2 Å². The molecule has 3 atom stereocenters. The second kappa shape index (κ2) is 53.8. The van der Waals surface area contributed by atoms with Crippen LogP contribution in [0.25, 0.3) is 0 Å². The maximum atomic E-state index is 13.0. The Kier molecular flexibility index (Phi) is 52.2. The van der Waals surface area contributed by atoms with Crippen LogP contribution in [0.3, 0.4) is 0 Å². The second-order valence-corrected chi connectivity index (χ2v) is 23.1. The summed E-state index contributed by atoms with van der Waals surface area (Å²) in [6, 6.07) is -0.909. The fraction of sp³-hybridized carbons (Fsp3) is 0.794. The Morgan fingerprint density at radius 1 is 0.500 bits per heavy atom. The highest BCUT2D eigenvalue weighted by Gasteiger charge is 2.23. The normalized spacial score (nSPS) is 14.4. The number of carbonyl (C=O) groups is 1. The molecule has 0 aromatic carbocycles. The molecule has 0 spiro atoms. The summed E-state index contributed by atoms with van der Waals surface area (Å²) in [5.41, 5.74) is 0. The summed E-state index contributed by atoms with van der Waals surface area (Å²) < 4.78 is 23.4. The first-order valence-corrected chi connectivity index (χ1v) is 31.8. The Bertz CT molecular complexity index is 1400. The molecule has 1 amide bonds. The molecule has 420 valence electrons. The highest BCUT2D eigenvalue weighted by Crippen LogP contribution is 2.38. The number of phosphoric acid groups is 1. The van der Waals surface area contributed by atoms with E-state index < -0.39 is 26.6 Å². The van der Waals surface area contributed by atoms with Gasteiger partial charge in [0.15, 0.2) is 0 Å². The Morgan fingerprint density at radius 3 is 1.29 bits per heavy atom. The third kappa shape index (κ3) is 55.7. The number of quaternary nitrogens is 1.